The molecule has 1 amide bonds. The SMILES string of the molecule is CN(C(=O)c1cc(C(=O)O)co1)C1CCCCC1O. The van der Waals surface area contributed by atoms with E-state index in [-0.39, 0.29) is 17.4 Å². The summed E-state index contributed by atoms with van der Waals surface area (Å²) in [6, 6.07) is 0.968. The van der Waals surface area contributed by atoms with Gasteiger partial charge in [-0.05, 0) is 12.8 Å². The minimum atomic E-state index is -1.14. The highest BCUT2D eigenvalue weighted by molar-refractivity contribution is 5.95. The molecule has 0 bridgehead atoms. The van der Waals surface area contributed by atoms with Gasteiger partial charge in [-0.25, -0.2) is 4.79 Å². The Morgan fingerprint density at radius 1 is 1.37 bits per heavy atom. The number of nitrogens with zero attached hydrogens (tertiary/aromatic N) is 1. The van der Waals surface area contributed by atoms with Crippen molar-refractivity contribution < 1.29 is 24.2 Å². The maximum absolute atomic E-state index is 12.2. The highest BCUT2D eigenvalue weighted by atomic mass is 16.4. The van der Waals surface area contributed by atoms with Crippen LogP contribution in [0.15, 0.2) is 16.7 Å². The van der Waals surface area contributed by atoms with Gasteiger partial charge in [0, 0.05) is 13.1 Å². The van der Waals surface area contributed by atoms with Gasteiger partial charge in [0.2, 0.25) is 0 Å². The van der Waals surface area contributed by atoms with Gasteiger partial charge >= 0.3 is 5.97 Å². The van der Waals surface area contributed by atoms with E-state index in [1.54, 1.807) is 7.05 Å². The molecule has 1 fully saturated rings. The standard InChI is InChI=1S/C13H17NO5/c1-14(9-4-2-3-5-10(9)15)12(16)11-6-8(7-19-11)13(17)18/h6-7,9-10,15H,2-5H2,1H3,(H,17,18). The highest BCUT2D eigenvalue weighted by Gasteiger charge is 2.31. The number of carboxylic acids is 1. The van der Waals surface area contributed by atoms with Crippen molar-refractivity contribution in [2.45, 2.75) is 37.8 Å². The Bertz CT molecular complexity index is 481. The molecule has 2 rings (SSSR count). The smallest absolute Gasteiger partial charge is 0.338 e. The summed E-state index contributed by atoms with van der Waals surface area (Å²) in [4.78, 5) is 24.3. The van der Waals surface area contributed by atoms with Crippen molar-refractivity contribution in [3.8, 4) is 0 Å². The molecule has 2 N–H and O–H groups in total. The molecule has 1 aliphatic rings. The Kier molecular flexibility index (Phi) is 3.90. The van der Waals surface area contributed by atoms with Crippen molar-refractivity contribution in [1.29, 1.82) is 0 Å². The fourth-order valence-corrected chi connectivity index (χ4v) is 2.43. The van der Waals surface area contributed by atoms with Crippen molar-refractivity contribution in [3.05, 3.63) is 23.7 Å². The molecule has 104 valence electrons. The molecule has 2 atom stereocenters. The molecule has 0 spiro atoms. The van der Waals surface area contributed by atoms with E-state index >= 15 is 0 Å². The number of carboxylic acid groups (broad SMARTS) is 1. The maximum atomic E-state index is 12.2. The van der Waals surface area contributed by atoms with Crippen LogP contribution in [0.25, 0.3) is 0 Å². The lowest BCUT2D eigenvalue weighted by Crippen LogP contribution is -2.46. The van der Waals surface area contributed by atoms with Crippen LogP contribution in [-0.2, 0) is 0 Å². The number of amides is 1. The number of likely N-dealkylation sites (N-methyl/N-ethyl adjacent to an activating group) is 1. The van der Waals surface area contributed by atoms with Crippen LogP contribution in [0.5, 0.6) is 0 Å². The van der Waals surface area contributed by atoms with Crippen molar-refractivity contribution in [3.63, 3.8) is 0 Å². The topological polar surface area (TPSA) is 91.0 Å². The predicted molar refractivity (Wildman–Crippen MR) is 66.0 cm³/mol. The van der Waals surface area contributed by atoms with E-state index < -0.39 is 18.0 Å². The molecular formula is C13H17NO5. The predicted octanol–water partition coefficient (Wildman–Crippen LogP) is 1.35. The average Bonchev–Trinajstić information content (AvgIpc) is 2.87. The lowest BCUT2D eigenvalue weighted by atomic mass is 9.91. The molecule has 0 aliphatic heterocycles. The van der Waals surface area contributed by atoms with E-state index in [0.717, 1.165) is 25.5 Å². The number of hydrogen-bond donors (Lipinski definition) is 2. The molecule has 19 heavy (non-hydrogen) atoms. The third kappa shape index (κ3) is 2.78. The number of rotatable bonds is 3. The summed E-state index contributed by atoms with van der Waals surface area (Å²) in [6.45, 7) is 0. The molecule has 0 saturated heterocycles. The minimum absolute atomic E-state index is 0.0160. The van der Waals surface area contributed by atoms with Crippen LogP contribution in [-0.4, -0.2) is 46.2 Å². The van der Waals surface area contributed by atoms with E-state index in [1.165, 1.54) is 11.0 Å². The zero-order valence-electron chi connectivity index (χ0n) is 10.7. The van der Waals surface area contributed by atoms with Gasteiger partial charge < -0.3 is 19.5 Å². The van der Waals surface area contributed by atoms with E-state index in [2.05, 4.69) is 0 Å². The van der Waals surface area contributed by atoms with E-state index in [9.17, 15) is 14.7 Å². The van der Waals surface area contributed by atoms with Crippen LogP contribution in [0.4, 0.5) is 0 Å². The number of aromatic carboxylic acids is 1. The summed E-state index contributed by atoms with van der Waals surface area (Å²) in [5, 5.41) is 18.7. The molecule has 1 heterocycles. The molecule has 6 nitrogen and oxygen atoms in total. The van der Waals surface area contributed by atoms with Crippen molar-refractivity contribution in [2.75, 3.05) is 7.05 Å². The number of carbonyl (C=O) groups is 2. The third-order valence-corrected chi connectivity index (χ3v) is 3.57. The first-order valence-corrected chi connectivity index (χ1v) is 6.27. The average molecular weight is 267 g/mol. The number of carbonyl (C=O) groups excluding carboxylic acids is 1. The van der Waals surface area contributed by atoms with Crippen LogP contribution < -0.4 is 0 Å². The number of hydrogen-bond acceptors (Lipinski definition) is 4. The molecule has 1 aromatic heterocycles. The Labute approximate surface area is 110 Å². The van der Waals surface area contributed by atoms with Crippen molar-refractivity contribution in [2.24, 2.45) is 0 Å². The Balaban J connectivity index is 2.11. The van der Waals surface area contributed by atoms with Gasteiger partial charge in [0.05, 0.1) is 17.7 Å². The molecule has 0 aromatic carbocycles. The van der Waals surface area contributed by atoms with Gasteiger partial charge in [-0.15, -0.1) is 0 Å². The van der Waals surface area contributed by atoms with Crippen molar-refractivity contribution in [1.82, 2.24) is 4.90 Å². The molecular weight excluding hydrogens is 250 g/mol. The third-order valence-electron chi connectivity index (χ3n) is 3.57. The van der Waals surface area contributed by atoms with Gasteiger partial charge in [-0.1, -0.05) is 12.8 Å². The zero-order chi connectivity index (χ0) is 14.0. The Morgan fingerprint density at radius 3 is 2.63 bits per heavy atom. The molecule has 2 unspecified atom stereocenters. The number of aliphatic hydroxyl groups excluding tert-OH is 1. The second-order valence-corrected chi connectivity index (χ2v) is 4.84. The number of furan rings is 1. The summed E-state index contributed by atoms with van der Waals surface area (Å²) in [6.07, 6.45) is 3.87. The van der Waals surface area contributed by atoms with Gasteiger partial charge in [-0.2, -0.15) is 0 Å². The summed E-state index contributed by atoms with van der Waals surface area (Å²) in [5.74, 6) is -1.56. The highest BCUT2D eigenvalue weighted by Crippen LogP contribution is 2.24. The Hall–Kier alpha value is -1.82. The number of aliphatic hydroxyl groups is 1. The quantitative estimate of drug-likeness (QED) is 0.862. The maximum Gasteiger partial charge on any atom is 0.338 e. The van der Waals surface area contributed by atoms with E-state index in [0.29, 0.717) is 6.42 Å². The summed E-state index contributed by atoms with van der Waals surface area (Å²) < 4.78 is 4.98. The molecule has 1 aromatic rings. The Morgan fingerprint density at radius 2 is 2.05 bits per heavy atom. The van der Waals surface area contributed by atoms with Gasteiger partial charge in [0.1, 0.15) is 6.26 Å². The molecule has 0 radical (unpaired) electrons. The molecule has 1 saturated carbocycles. The lowest BCUT2D eigenvalue weighted by molar-refractivity contribution is 0.0249. The van der Waals surface area contributed by atoms with Crippen LogP contribution >= 0.6 is 0 Å². The normalized spacial score (nSPS) is 23.1. The first kappa shape index (κ1) is 13.6. The first-order chi connectivity index (χ1) is 9.00. The fraction of sp³-hybridized carbons (Fsp3) is 0.538. The minimum Gasteiger partial charge on any atom is -0.478 e. The van der Waals surface area contributed by atoms with Crippen LogP contribution in [0, 0.1) is 0 Å². The first-order valence-electron chi connectivity index (χ1n) is 6.27. The lowest BCUT2D eigenvalue weighted by Gasteiger charge is -2.34. The van der Waals surface area contributed by atoms with Gasteiger partial charge in [0.25, 0.3) is 5.91 Å². The van der Waals surface area contributed by atoms with E-state index in [4.69, 9.17) is 9.52 Å². The second kappa shape index (κ2) is 5.44. The monoisotopic (exact) mass is 267 g/mol. The van der Waals surface area contributed by atoms with Gasteiger partial charge in [0.15, 0.2) is 5.76 Å². The summed E-state index contributed by atoms with van der Waals surface area (Å²) >= 11 is 0. The van der Waals surface area contributed by atoms with Crippen LogP contribution in [0.2, 0.25) is 0 Å². The zero-order valence-corrected chi connectivity index (χ0v) is 10.7. The summed E-state index contributed by atoms with van der Waals surface area (Å²) in [7, 11) is 1.60. The van der Waals surface area contributed by atoms with Crippen LogP contribution in [0.3, 0.4) is 0 Å². The molecule has 1 aliphatic carbocycles. The van der Waals surface area contributed by atoms with Gasteiger partial charge in [-0.3, -0.25) is 4.79 Å². The van der Waals surface area contributed by atoms with E-state index in [1.807, 2.05) is 0 Å². The van der Waals surface area contributed by atoms with Crippen LogP contribution in [0.1, 0.15) is 46.6 Å². The summed E-state index contributed by atoms with van der Waals surface area (Å²) in [5.41, 5.74) is -0.0547. The largest absolute Gasteiger partial charge is 0.478 e. The van der Waals surface area contributed by atoms with Crippen molar-refractivity contribution >= 4 is 11.9 Å². The molecule has 6 heteroatoms. The second-order valence-electron chi connectivity index (χ2n) is 4.84. The fourth-order valence-electron chi connectivity index (χ4n) is 2.43.